The highest BCUT2D eigenvalue weighted by Crippen LogP contribution is 2.27. The molecule has 160 valence electrons. The van der Waals surface area contributed by atoms with Gasteiger partial charge in [0.2, 0.25) is 0 Å². The molecule has 2 unspecified atom stereocenters. The first-order valence-electron chi connectivity index (χ1n) is 10.3. The summed E-state index contributed by atoms with van der Waals surface area (Å²) in [4.78, 5) is 13.5. The van der Waals surface area contributed by atoms with Gasteiger partial charge in [-0.2, -0.15) is 0 Å². The first-order valence-corrected chi connectivity index (χ1v) is 11.2. The van der Waals surface area contributed by atoms with E-state index in [-0.39, 0.29) is 24.0 Å². The van der Waals surface area contributed by atoms with Gasteiger partial charge in [0.1, 0.15) is 0 Å². The minimum Gasteiger partial charge on any atom is -0.355 e. The van der Waals surface area contributed by atoms with E-state index in [9.17, 15) is 0 Å². The lowest BCUT2D eigenvalue weighted by Crippen LogP contribution is -2.52. The van der Waals surface area contributed by atoms with E-state index in [0.29, 0.717) is 12.1 Å². The standard InChI is InChI=1S/C20H36N6S.HI/c1-17(25-12-10-24(3)11-13-25)15-22-20(21-2)23-16-18(19-7-6-14-27-19)26-8-4-5-9-26;/h6-7,14,17-18H,4-5,8-13,15-16H2,1-3H3,(H2,21,22,23);1H. The van der Waals surface area contributed by atoms with Gasteiger partial charge in [0.25, 0.3) is 0 Å². The van der Waals surface area contributed by atoms with Crippen LogP contribution >= 0.6 is 35.3 Å². The number of thiophene rings is 1. The van der Waals surface area contributed by atoms with Crippen molar-refractivity contribution >= 4 is 41.3 Å². The van der Waals surface area contributed by atoms with Gasteiger partial charge in [-0.05, 0) is 51.3 Å². The Hall–Kier alpha value is -0.420. The van der Waals surface area contributed by atoms with Crippen molar-refractivity contribution in [3.8, 4) is 0 Å². The van der Waals surface area contributed by atoms with Gasteiger partial charge in [-0.3, -0.25) is 14.8 Å². The summed E-state index contributed by atoms with van der Waals surface area (Å²) in [5, 5.41) is 9.30. The first kappa shape index (κ1) is 23.9. The highest BCUT2D eigenvalue weighted by molar-refractivity contribution is 14.0. The van der Waals surface area contributed by atoms with Crippen LogP contribution in [-0.4, -0.2) is 93.2 Å². The Balaban J connectivity index is 0.00000280. The number of aliphatic imine (C=N–C) groups is 1. The molecule has 6 nitrogen and oxygen atoms in total. The summed E-state index contributed by atoms with van der Waals surface area (Å²) in [6.07, 6.45) is 2.63. The van der Waals surface area contributed by atoms with Crippen LogP contribution in [0.2, 0.25) is 0 Å². The minimum absolute atomic E-state index is 0. The summed E-state index contributed by atoms with van der Waals surface area (Å²) >= 11 is 1.86. The van der Waals surface area contributed by atoms with Crippen molar-refractivity contribution in [2.24, 2.45) is 4.99 Å². The van der Waals surface area contributed by atoms with Gasteiger partial charge in [0.05, 0.1) is 6.04 Å². The Bertz CT molecular complexity index is 567. The second-order valence-corrected chi connectivity index (χ2v) is 8.78. The predicted octanol–water partition coefficient (Wildman–Crippen LogP) is 2.30. The molecule has 3 rings (SSSR count). The molecule has 28 heavy (non-hydrogen) atoms. The number of hydrogen-bond donors (Lipinski definition) is 2. The van der Waals surface area contributed by atoms with Gasteiger partial charge < -0.3 is 15.5 Å². The monoisotopic (exact) mass is 520 g/mol. The Kier molecular flexibility index (Phi) is 10.5. The summed E-state index contributed by atoms with van der Waals surface area (Å²) < 4.78 is 0. The zero-order valence-electron chi connectivity index (χ0n) is 17.6. The highest BCUT2D eigenvalue weighted by atomic mass is 127. The zero-order valence-corrected chi connectivity index (χ0v) is 20.7. The number of nitrogens with one attached hydrogen (secondary N) is 2. The fourth-order valence-corrected chi connectivity index (χ4v) is 4.85. The average Bonchev–Trinajstić information content (AvgIpc) is 3.39. The zero-order chi connectivity index (χ0) is 19.1. The first-order chi connectivity index (χ1) is 13.2. The van der Waals surface area contributed by atoms with E-state index < -0.39 is 0 Å². The molecular formula is C20H37IN6S. The third-order valence-electron chi connectivity index (χ3n) is 5.87. The molecule has 1 aromatic heterocycles. The quantitative estimate of drug-likeness (QED) is 0.328. The molecule has 0 spiro atoms. The van der Waals surface area contributed by atoms with Crippen molar-refractivity contribution in [3.63, 3.8) is 0 Å². The third kappa shape index (κ3) is 6.83. The third-order valence-corrected chi connectivity index (χ3v) is 6.84. The van der Waals surface area contributed by atoms with Crippen LogP contribution in [0.1, 0.15) is 30.7 Å². The molecule has 0 amide bonds. The molecule has 2 saturated heterocycles. The lowest BCUT2D eigenvalue weighted by Gasteiger charge is -2.36. The number of piperazine rings is 1. The second-order valence-electron chi connectivity index (χ2n) is 7.80. The Morgan fingerprint density at radius 1 is 1.07 bits per heavy atom. The summed E-state index contributed by atoms with van der Waals surface area (Å²) in [6.45, 7) is 11.2. The van der Waals surface area contributed by atoms with Crippen LogP contribution in [0.5, 0.6) is 0 Å². The smallest absolute Gasteiger partial charge is 0.191 e. The van der Waals surface area contributed by atoms with Crippen LogP contribution in [0.15, 0.2) is 22.5 Å². The van der Waals surface area contributed by atoms with E-state index in [1.54, 1.807) is 0 Å². The maximum Gasteiger partial charge on any atom is 0.191 e. The highest BCUT2D eigenvalue weighted by Gasteiger charge is 2.24. The number of rotatable bonds is 7. The minimum atomic E-state index is 0. The maximum atomic E-state index is 4.45. The summed E-state index contributed by atoms with van der Waals surface area (Å²) in [5.74, 6) is 0.914. The van der Waals surface area contributed by atoms with E-state index >= 15 is 0 Å². The van der Waals surface area contributed by atoms with E-state index in [4.69, 9.17) is 0 Å². The van der Waals surface area contributed by atoms with E-state index in [0.717, 1.165) is 45.2 Å². The molecule has 2 aliphatic rings. The molecular weight excluding hydrogens is 483 g/mol. The number of guanidine groups is 1. The molecule has 2 N–H and O–H groups in total. The van der Waals surface area contributed by atoms with Crippen molar-refractivity contribution in [3.05, 3.63) is 22.4 Å². The fourth-order valence-electron chi connectivity index (χ4n) is 3.99. The largest absolute Gasteiger partial charge is 0.355 e. The lowest BCUT2D eigenvalue weighted by molar-refractivity contribution is 0.120. The fraction of sp³-hybridized carbons (Fsp3) is 0.750. The van der Waals surface area contributed by atoms with Crippen LogP contribution in [0.3, 0.4) is 0 Å². The van der Waals surface area contributed by atoms with Gasteiger partial charge in [-0.15, -0.1) is 35.3 Å². The molecule has 0 aromatic carbocycles. The molecule has 0 aliphatic carbocycles. The normalized spacial score (nSPS) is 21.9. The number of nitrogens with zero attached hydrogens (tertiary/aromatic N) is 4. The molecule has 2 aliphatic heterocycles. The van der Waals surface area contributed by atoms with Gasteiger partial charge in [0.15, 0.2) is 5.96 Å². The Morgan fingerprint density at radius 2 is 1.75 bits per heavy atom. The predicted molar refractivity (Wildman–Crippen MR) is 131 cm³/mol. The molecule has 0 bridgehead atoms. The summed E-state index contributed by atoms with van der Waals surface area (Å²) in [5.41, 5.74) is 0. The van der Waals surface area contributed by atoms with Crippen LogP contribution in [0.25, 0.3) is 0 Å². The lowest BCUT2D eigenvalue weighted by atomic mass is 10.2. The van der Waals surface area contributed by atoms with Crippen molar-refractivity contribution in [2.45, 2.75) is 31.8 Å². The van der Waals surface area contributed by atoms with Crippen LogP contribution in [0, 0.1) is 0 Å². The molecule has 2 atom stereocenters. The molecule has 1 aromatic rings. The van der Waals surface area contributed by atoms with E-state index in [2.05, 4.69) is 61.8 Å². The van der Waals surface area contributed by atoms with Crippen LogP contribution in [0.4, 0.5) is 0 Å². The molecule has 8 heteroatoms. The van der Waals surface area contributed by atoms with Crippen molar-refractivity contribution < 1.29 is 0 Å². The van der Waals surface area contributed by atoms with E-state index in [1.165, 1.54) is 30.8 Å². The molecule has 3 heterocycles. The van der Waals surface area contributed by atoms with Crippen LogP contribution in [-0.2, 0) is 0 Å². The molecule has 0 saturated carbocycles. The summed E-state index contributed by atoms with van der Waals surface area (Å²) in [7, 11) is 4.07. The van der Waals surface area contributed by atoms with Gasteiger partial charge in [0, 0.05) is 57.2 Å². The van der Waals surface area contributed by atoms with Gasteiger partial charge >= 0.3 is 0 Å². The second kappa shape index (κ2) is 12.3. The molecule has 2 fully saturated rings. The van der Waals surface area contributed by atoms with Crippen LogP contribution < -0.4 is 10.6 Å². The Labute approximate surface area is 191 Å². The molecule has 0 radical (unpaired) electrons. The topological polar surface area (TPSA) is 46.1 Å². The van der Waals surface area contributed by atoms with Crippen molar-refractivity contribution in [1.29, 1.82) is 0 Å². The van der Waals surface area contributed by atoms with Gasteiger partial charge in [-0.1, -0.05) is 6.07 Å². The Morgan fingerprint density at radius 3 is 2.36 bits per heavy atom. The number of hydrogen-bond acceptors (Lipinski definition) is 5. The van der Waals surface area contributed by atoms with Crippen molar-refractivity contribution in [1.82, 2.24) is 25.3 Å². The average molecular weight is 521 g/mol. The SMILES string of the molecule is CN=C(NCC(C)N1CCN(C)CC1)NCC(c1cccs1)N1CCCC1.I. The van der Waals surface area contributed by atoms with Crippen molar-refractivity contribution in [2.75, 3.05) is 66.5 Å². The number of halogens is 1. The maximum absolute atomic E-state index is 4.45. The number of likely N-dealkylation sites (tertiary alicyclic amines) is 1. The van der Waals surface area contributed by atoms with Gasteiger partial charge in [-0.25, -0.2) is 0 Å². The van der Waals surface area contributed by atoms with E-state index in [1.807, 2.05) is 18.4 Å². The summed E-state index contributed by atoms with van der Waals surface area (Å²) in [6, 6.07) is 5.39. The number of likely N-dealkylation sites (N-methyl/N-ethyl adjacent to an activating group) is 1.